The lowest BCUT2D eigenvalue weighted by Gasteiger charge is -2.36. The molecule has 0 aromatic heterocycles. The number of hydrogen-bond acceptors (Lipinski definition) is 9. The molecule has 1 saturated carbocycles. The van der Waals surface area contributed by atoms with E-state index in [4.69, 9.17) is 15.2 Å². The van der Waals surface area contributed by atoms with Crippen LogP contribution in [0.4, 0.5) is 4.39 Å². The number of hydrogen-bond donors (Lipinski definition) is 4. The summed E-state index contributed by atoms with van der Waals surface area (Å²) >= 11 is 0. The number of nitrogens with one attached hydrogen (secondary N) is 3. The number of aliphatic imine (C=N–C) groups is 1. The minimum Gasteiger partial charge on any atom is -0.462 e. The Morgan fingerprint density at radius 3 is 2.07 bits per heavy atom. The van der Waals surface area contributed by atoms with Gasteiger partial charge in [-0.3, -0.25) is 10.1 Å². The molecule has 5 unspecified atom stereocenters. The predicted molar refractivity (Wildman–Crippen MR) is 153 cm³/mol. The van der Waals surface area contributed by atoms with Gasteiger partial charge in [0, 0.05) is 23.7 Å². The standard InChI is InChI=1S/C31H30FN5O5/c32-26-24(36-31(25(33)17-34-19-35-31)37-28(38)20-10-4-1-5-11-20)16-23(18-41-29(39)21-12-6-2-7-13-21)27(26)42-30(40)22-14-8-3-9-15-22/h1-15,17,19,23-24,26-27,36H,16,18,33H2,(H,34,35)(H,37,38). The number of carbonyl (C=O) groups excluding carboxylic acids is 3. The molecule has 1 aliphatic carbocycles. The van der Waals surface area contributed by atoms with Crippen LogP contribution in [0.15, 0.2) is 108 Å². The van der Waals surface area contributed by atoms with E-state index in [0.29, 0.717) is 11.1 Å². The molecule has 5 rings (SSSR count). The van der Waals surface area contributed by atoms with Crippen molar-refractivity contribution in [2.24, 2.45) is 16.6 Å². The minimum absolute atomic E-state index is 0.0785. The third-order valence-corrected chi connectivity index (χ3v) is 7.12. The molecule has 11 heteroatoms. The van der Waals surface area contributed by atoms with Crippen LogP contribution in [0.1, 0.15) is 37.5 Å². The summed E-state index contributed by atoms with van der Waals surface area (Å²) in [5.41, 5.74) is 7.31. The summed E-state index contributed by atoms with van der Waals surface area (Å²) in [6, 6.07) is 24.0. The van der Waals surface area contributed by atoms with Gasteiger partial charge in [-0.25, -0.2) is 19.0 Å². The van der Waals surface area contributed by atoms with E-state index in [0.717, 1.165) is 0 Å². The van der Waals surface area contributed by atoms with Crippen molar-refractivity contribution in [1.29, 1.82) is 0 Å². The molecule has 0 bridgehead atoms. The van der Waals surface area contributed by atoms with E-state index in [1.54, 1.807) is 91.0 Å². The summed E-state index contributed by atoms with van der Waals surface area (Å²) in [6.07, 6.45) is -0.199. The third-order valence-electron chi connectivity index (χ3n) is 7.12. The summed E-state index contributed by atoms with van der Waals surface area (Å²) < 4.78 is 27.4. The highest BCUT2D eigenvalue weighted by molar-refractivity contribution is 5.95. The Hall–Kier alpha value is -5.03. The number of carbonyl (C=O) groups is 3. The van der Waals surface area contributed by atoms with Crippen molar-refractivity contribution in [3.8, 4) is 0 Å². The first kappa shape index (κ1) is 28.5. The molecule has 0 spiro atoms. The second-order valence-electron chi connectivity index (χ2n) is 9.95. The molecule has 3 aromatic rings. The van der Waals surface area contributed by atoms with Crippen molar-refractivity contribution in [2.45, 2.75) is 30.5 Å². The molecule has 1 heterocycles. The molecular formula is C31H30FN5O5. The van der Waals surface area contributed by atoms with Crippen molar-refractivity contribution in [3.63, 3.8) is 0 Å². The van der Waals surface area contributed by atoms with Gasteiger partial charge in [0.05, 0.1) is 29.8 Å². The molecule has 216 valence electrons. The van der Waals surface area contributed by atoms with Gasteiger partial charge in [0.15, 0.2) is 6.17 Å². The van der Waals surface area contributed by atoms with Crippen LogP contribution in [0.2, 0.25) is 0 Å². The highest BCUT2D eigenvalue weighted by atomic mass is 19.1. The van der Waals surface area contributed by atoms with Crippen LogP contribution in [-0.4, -0.2) is 54.9 Å². The molecule has 5 atom stereocenters. The van der Waals surface area contributed by atoms with Crippen molar-refractivity contribution < 1.29 is 28.2 Å². The molecule has 0 saturated heterocycles. The second-order valence-corrected chi connectivity index (χ2v) is 9.95. The van der Waals surface area contributed by atoms with Gasteiger partial charge in [-0.05, 0) is 42.8 Å². The Labute approximate surface area is 241 Å². The van der Waals surface area contributed by atoms with Crippen LogP contribution in [0.25, 0.3) is 0 Å². The van der Waals surface area contributed by atoms with Gasteiger partial charge in [0.25, 0.3) is 5.91 Å². The van der Waals surface area contributed by atoms with E-state index >= 15 is 4.39 Å². The van der Waals surface area contributed by atoms with Gasteiger partial charge in [-0.1, -0.05) is 54.6 Å². The van der Waals surface area contributed by atoms with Gasteiger partial charge < -0.3 is 25.8 Å². The van der Waals surface area contributed by atoms with E-state index in [1.165, 1.54) is 12.5 Å². The number of benzene rings is 3. The SMILES string of the molecule is NC1=CNC=NC1(NC(=O)c1ccccc1)NC1CC(COC(=O)c2ccccc2)C(OC(=O)c2ccccc2)C1F. The Morgan fingerprint density at radius 1 is 0.905 bits per heavy atom. The fourth-order valence-corrected chi connectivity index (χ4v) is 4.94. The van der Waals surface area contributed by atoms with Crippen LogP contribution < -0.4 is 21.7 Å². The number of alkyl halides is 1. The molecule has 3 aromatic carbocycles. The minimum atomic E-state index is -1.76. The van der Waals surface area contributed by atoms with Crippen molar-refractivity contribution in [2.75, 3.05) is 6.61 Å². The lowest BCUT2D eigenvalue weighted by atomic mass is 10.1. The highest BCUT2D eigenvalue weighted by Gasteiger charge is 2.51. The summed E-state index contributed by atoms with van der Waals surface area (Å²) in [4.78, 5) is 43.0. The molecule has 2 aliphatic rings. The fraction of sp³-hybridized carbons (Fsp3) is 0.226. The first-order valence-corrected chi connectivity index (χ1v) is 13.4. The largest absolute Gasteiger partial charge is 0.462 e. The summed E-state index contributed by atoms with van der Waals surface area (Å²) in [5, 5.41) is 8.58. The maximum atomic E-state index is 16.2. The number of amides is 1. The van der Waals surface area contributed by atoms with Crippen LogP contribution in [-0.2, 0) is 9.47 Å². The fourth-order valence-electron chi connectivity index (χ4n) is 4.94. The van der Waals surface area contributed by atoms with Crippen molar-refractivity contribution in [3.05, 3.63) is 120 Å². The molecule has 0 radical (unpaired) electrons. The van der Waals surface area contributed by atoms with E-state index in [2.05, 4.69) is 20.9 Å². The van der Waals surface area contributed by atoms with E-state index in [9.17, 15) is 14.4 Å². The van der Waals surface area contributed by atoms with E-state index < -0.39 is 47.9 Å². The Bertz CT molecular complexity index is 1470. The van der Waals surface area contributed by atoms with Crippen molar-refractivity contribution in [1.82, 2.24) is 16.0 Å². The van der Waals surface area contributed by atoms with Gasteiger partial charge in [-0.15, -0.1) is 0 Å². The number of esters is 2. The quantitative estimate of drug-likeness (QED) is 0.227. The molecule has 1 aliphatic heterocycles. The summed E-state index contributed by atoms with van der Waals surface area (Å²) in [6.45, 7) is -0.210. The average Bonchev–Trinajstić information content (AvgIpc) is 3.31. The molecule has 42 heavy (non-hydrogen) atoms. The van der Waals surface area contributed by atoms with Crippen LogP contribution in [0.3, 0.4) is 0 Å². The second kappa shape index (κ2) is 12.6. The van der Waals surface area contributed by atoms with Crippen LogP contribution in [0.5, 0.6) is 0 Å². The molecule has 1 amide bonds. The lowest BCUT2D eigenvalue weighted by Crippen LogP contribution is -2.65. The smallest absolute Gasteiger partial charge is 0.338 e. The number of halogens is 1. The monoisotopic (exact) mass is 571 g/mol. The maximum absolute atomic E-state index is 16.2. The zero-order chi connectivity index (χ0) is 29.5. The number of rotatable bonds is 9. The zero-order valence-corrected chi connectivity index (χ0v) is 22.5. The maximum Gasteiger partial charge on any atom is 0.338 e. The van der Waals surface area contributed by atoms with E-state index in [1.807, 2.05) is 0 Å². The predicted octanol–water partition coefficient (Wildman–Crippen LogP) is 2.90. The van der Waals surface area contributed by atoms with Gasteiger partial charge in [0.2, 0.25) is 5.79 Å². The van der Waals surface area contributed by atoms with Gasteiger partial charge in [0.1, 0.15) is 6.10 Å². The molecule has 5 N–H and O–H groups in total. The first-order chi connectivity index (χ1) is 20.4. The Balaban J connectivity index is 1.38. The number of ether oxygens (including phenoxy) is 2. The van der Waals surface area contributed by atoms with Crippen molar-refractivity contribution >= 4 is 24.2 Å². The van der Waals surface area contributed by atoms with Gasteiger partial charge in [-0.2, -0.15) is 0 Å². The van der Waals surface area contributed by atoms with E-state index in [-0.39, 0.29) is 24.3 Å². The molecule has 10 nitrogen and oxygen atoms in total. The summed E-state index contributed by atoms with van der Waals surface area (Å²) in [5.74, 6) is -4.20. The Morgan fingerprint density at radius 2 is 1.48 bits per heavy atom. The molecular weight excluding hydrogens is 541 g/mol. The highest BCUT2D eigenvalue weighted by Crippen LogP contribution is 2.34. The normalized spacial score (nSPS) is 24.6. The number of nitrogens with zero attached hydrogens (tertiary/aromatic N) is 1. The topological polar surface area (TPSA) is 144 Å². The lowest BCUT2D eigenvalue weighted by molar-refractivity contribution is -0.0146. The third kappa shape index (κ3) is 6.31. The van der Waals surface area contributed by atoms with Crippen LogP contribution in [0, 0.1) is 5.92 Å². The molecule has 1 fully saturated rings. The average molecular weight is 572 g/mol. The Kier molecular flexibility index (Phi) is 8.58. The first-order valence-electron chi connectivity index (χ1n) is 13.4. The van der Waals surface area contributed by atoms with Crippen LogP contribution >= 0.6 is 0 Å². The van der Waals surface area contributed by atoms with Gasteiger partial charge >= 0.3 is 11.9 Å². The number of nitrogens with two attached hydrogens (primary N) is 1. The summed E-state index contributed by atoms with van der Waals surface area (Å²) in [7, 11) is 0. The zero-order valence-electron chi connectivity index (χ0n) is 22.5.